The Balaban J connectivity index is 1.96. The average Bonchev–Trinajstić information content (AvgIpc) is 2.57. The first-order valence-electron chi connectivity index (χ1n) is 7.18. The highest BCUT2D eigenvalue weighted by atomic mass is 16.5. The van der Waals surface area contributed by atoms with Crippen LogP contribution in [0.1, 0.15) is 16.8 Å². The van der Waals surface area contributed by atoms with Gasteiger partial charge in [0.15, 0.2) is 5.65 Å². The van der Waals surface area contributed by atoms with Gasteiger partial charge in [0, 0.05) is 19.2 Å². The van der Waals surface area contributed by atoms with Crippen LogP contribution < -0.4 is 16.6 Å². The first-order valence-corrected chi connectivity index (χ1v) is 7.18. The molecule has 0 radical (unpaired) electrons. The van der Waals surface area contributed by atoms with Gasteiger partial charge in [0.2, 0.25) is 0 Å². The second kappa shape index (κ2) is 6.05. The van der Waals surface area contributed by atoms with E-state index in [0.29, 0.717) is 34.6 Å². The summed E-state index contributed by atoms with van der Waals surface area (Å²) in [6.45, 7) is 2.84. The van der Waals surface area contributed by atoms with E-state index < -0.39 is 5.56 Å². The van der Waals surface area contributed by atoms with E-state index >= 15 is 0 Å². The molecule has 23 heavy (non-hydrogen) atoms. The van der Waals surface area contributed by atoms with Crippen LogP contribution in [0.3, 0.4) is 0 Å². The van der Waals surface area contributed by atoms with Crippen LogP contribution in [0, 0.1) is 6.92 Å². The van der Waals surface area contributed by atoms with E-state index in [0.717, 1.165) is 11.1 Å². The van der Waals surface area contributed by atoms with Gasteiger partial charge in [-0.1, -0.05) is 24.3 Å². The van der Waals surface area contributed by atoms with Crippen LogP contribution in [0.25, 0.3) is 11.0 Å². The third-order valence-electron chi connectivity index (χ3n) is 3.70. The molecule has 0 amide bonds. The summed E-state index contributed by atoms with van der Waals surface area (Å²) in [5.41, 5.74) is 8.61. The Labute approximate surface area is 132 Å². The highest BCUT2D eigenvalue weighted by Gasteiger charge is 2.12. The van der Waals surface area contributed by atoms with Gasteiger partial charge in [-0.2, -0.15) is 0 Å². The number of pyridine rings is 1. The van der Waals surface area contributed by atoms with E-state index in [9.17, 15) is 10.0 Å². The minimum Gasteiger partial charge on any atom is -0.423 e. The number of aryl methyl sites for hydroxylation is 1. The summed E-state index contributed by atoms with van der Waals surface area (Å²) in [6, 6.07) is 9.24. The number of nitrogens with two attached hydrogens (primary N) is 1. The minimum atomic E-state index is -0.545. The van der Waals surface area contributed by atoms with Gasteiger partial charge in [-0.15, -0.1) is 4.73 Å². The van der Waals surface area contributed by atoms with E-state index in [1.54, 1.807) is 6.92 Å². The van der Waals surface area contributed by atoms with Gasteiger partial charge in [-0.25, -0.2) is 9.97 Å². The molecule has 2 heterocycles. The maximum atomic E-state index is 11.9. The summed E-state index contributed by atoms with van der Waals surface area (Å²) in [4.78, 5) is 20.0. The van der Waals surface area contributed by atoms with E-state index in [1.807, 2.05) is 24.3 Å². The van der Waals surface area contributed by atoms with Gasteiger partial charge in [-0.3, -0.25) is 4.79 Å². The third kappa shape index (κ3) is 2.86. The second-order valence-corrected chi connectivity index (χ2v) is 5.24. The Morgan fingerprint density at radius 2 is 1.91 bits per heavy atom. The van der Waals surface area contributed by atoms with Gasteiger partial charge >= 0.3 is 0 Å². The SMILES string of the molecule is Cc1ncnc2c1c(NCc1ccc(CN)cc1)cc(=O)n2O. The highest BCUT2D eigenvalue weighted by molar-refractivity contribution is 5.90. The van der Waals surface area contributed by atoms with Crippen LogP contribution in [0.4, 0.5) is 5.69 Å². The molecule has 7 nitrogen and oxygen atoms in total. The van der Waals surface area contributed by atoms with Crippen molar-refractivity contribution in [1.29, 1.82) is 0 Å². The van der Waals surface area contributed by atoms with Crippen LogP contribution >= 0.6 is 0 Å². The standard InChI is InChI=1S/C16H17N5O2/c1-10-15-13(6-14(22)21(23)16(15)20-9-19-10)18-8-12-4-2-11(7-17)3-5-12/h2-6,9,18,23H,7-8,17H2,1H3. The number of nitrogens with zero attached hydrogens (tertiary/aromatic N) is 3. The Hall–Kier alpha value is -2.93. The molecule has 0 atom stereocenters. The van der Waals surface area contributed by atoms with E-state index in [-0.39, 0.29) is 5.65 Å². The quantitative estimate of drug-likeness (QED) is 0.629. The van der Waals surface area contributed by atoms with Crippen LogP contribution in [0.5, 0.6) is 0 Å². The molecular formula is C16H17N5O2. The summed E-state index contributed by atoms with van der Waals surface area (Å²) in [5.74, 6) is 0. The van der Waals surface area contributed by atoms with Crippen LogP contribution in [-0.2, 0) is 13.1 Å². The number of fused-ring (bicyclic) bond motifs is 1. The Morgan fingerprint density at radius 1 is 1.22 bits per heavy atom. The lowest BCUT2D eigenvalue weighted by atomic mass is 10.1. The molecular weight excluding hydrogens is 294 g/mol. The molecule has 118 valence electrons. The molecule has 7 heteroatoms. The van der Waals surface area contributed by atoms with Crippen molar-refractivity contribution < 1.29 is 5.21 Å². The van der Waals surface area contributed by atoms with Gasteiger partial charge in [0.05, 0.1) is 16.8 Å². The zero-order valence-electron chi connectivity index (χ0n) is 12.7. The lowest BCUT2D eigenvalue weighted by Gasteiger charge is -2.12. The Bertz CT molecular complexity index is 903. The van der Waals surface area contributed by atoms with Crippen LogP contribution in [0.2, 0.25) is 0 Å². The highest BCUT2D eigenvalue weighted by Crippen LogP contribution is 2.22. The van der Waals surface area contributed by atoms with Gasteiger partial charge in [0.25, 0.3) is 5.56 Å². The summed E-state index contributed by atoms with van der Waals surface area (Å²) in [7, 11) is 0. The normalized spacial score (nSPS) is 10.9. The lowest BCUT2D eigenvalue weighted by molar-refractivity contribution is 0.186. The summed E-state index contributed by atoms with van der Waals surface area (Å²) >= 11 is 0. The average molecular weight is 311 g/mol. The topological polar surface area (TPSA) is 106 Å². The maximum absolute atomic E-state index is 11.9. The van der Waals surface area contributed by atoms with Crippen molar-refractivity contribution in [2.24, 2.45) is 5.73 Å². The first kappa shape index (κ1) is 15.0. The molecule has 1 aromatic carbocycles. The van der Waals surface area contributed by atoms with Crippen LogP contribution in [-0.4, -0.2) is 19.9 Å². The maximum Gasteiger partial charge on any atom is 0.286 e. The number of benzene rings is 1. The number of aromatic nitrogens is 3. The molecule has 0 bridgehead atoms. The van der Waals surface area contributed by atoms with Crippen molar-refractivity contribution in [2.75, 3.05) is 5.32 Å². The molecule has 0 saturated heterocycles. The number of rotatable bonds is 4. The number of nitrogens with one attached hydrogen (secondary N) is 1. The smallest absolute Gasteiger partial charge is 0.286 e. The predicted molar refractivity (Wildman–Crippen MR) is 87.4 cm³/mol. The Kier molecular flexibility index (Phi) is 3.94. The van der Waals surface area contributed by atoms with Crippen molar-refractivity contribution >= 4 is 16.7 Å². The third-order valence-corrected chi connectivity index (χ3v) is 3.70. The molecule has 0 saturated carbocycles. The van der Waals surface area contributed by atoms with Gasteiger partial charge in [-0.05, 0) is 18.1 Å². The summed E-state index contributed by atoms with van der Waals surface area (Å²) in [6.07, 6.45) is 1.32. The van der Waals surface area contributed by atoms with Crippen molar-refractivity contribution in [3.8, 4) is 0 Å². The summed E-state index contributed by atoms with van der Waals surface area (Å²) in [5, 5.41) is 13.7. The van der Waals surface area contributed by atoms with Crippen LogP contribution in [0.15, 0.2) is 41.5 Å². The monoisotopic (exact) mass is 311 g/mol. The Morgan fingerprint density at radius 3 is 2.61 bits per heavy atom. The first-order chi connectivity index (χ1) is 11.1. The zero-order valence-corrected chi connectivity index (χ0v) is 12.7. The predicted octanol–water partition coefficient (Wildman–Crippen LogP) is 1.41. The van der Waals surface area contributed by atoms with Crippen molar-refractivity contribution in [3.05, 3.63) is 63.8 Å². The molecule has 0 aliphatic rings. The number of anilines is 1. The van der Waals surface area contributed by atoms with Gasteiger partial charge < -0.3 is 16.3 Å². The fourth-order valence-electron chi connectivity index (χ4n) is 2.43. The fraction of sp³-hybridized carbons (Fsp3) is 0.188. The van der Waals surface area contributed by atoms with E-state index in [2.05, 4.69) is 15.3 Å². The van der Waals surface area contributed by atoms with Crippen molar-refractivity contribution in [3.63, 3.8) is 0 Å². The molecule has 3 aromatic rings. The number of hydrogen-bond acceptors (Lipinski definition) is 6. The summed E-state index contributed by atoms with van der Waals surface area (Å²) < 4.78 is 0.533. The second-order valence-electron chi connectivity index (χ2n) is 5.24. The number of hydrogen-bond donors (Lipinski definition) is 3. The molecule has 0 spiro atoms. The molecule has 4 N–H and O–H groups in total. The molecule has 3 rings (SSSR count). The lowest BCUT2D eigenvalue weighted by Crippen LogP contribution is -2.20. The largest absolute Gasteiger partial charge is 0.423 e. The molecule has 2 aromatic heterocycles. The fourth-order valence-corrected chi connectivity index (χ4v) is 2.43. The molecule has 0 unspecified atom stereocenters. The van der Waals surface area contributed by atoms with Crippen molar-refractivity contribution in [2.45, 2.75) is 20.0 Å². The van der Waals surface area contributed by atoms with E-state index in [1.165, 1.54) is 12.4 Å². The molecule has 0 aliphatic heterocycles. The molecule has 0 fully saturated rings. The zero-order chi connectivity index (χ0) is 16.4. The minimum absolute atomic E-state index is 0.186. The van der Waals surface area contributed by atoms with Gasteiger partial charge in [0.1, 0.15) is 6.33 Å². The molecule has 0 aliphatic carbocycles. The van der Waals surface area contributed by atoms with E-state index in [4.69, 9.17) is 5.73 Å². The van der Waals surface area contributed by atoms with Crippen molar-refractivity contribution in [1.82, 2.24) is 14.7 Å².